The van der Waals surface area contributed by atoms with Gasteiger partial charge in [-0.15, -0.1) is 0 Å². The molecule has 0 fully saturated rings. The van der Waals surface area contributed by atoms with Crippen LogP contribution < -0.4 is 16.2 Å². The molecule has 3 heteroatoms. The summed E-state index contributed by atoms with van der Waals surface area (Å²) in [6.45, 7) is 13.5. The fraction of sp³-hybridized carbons (Fsp3) is 0.385. The zero-order chi connectivity index (χ0) is 21.4. The van der Waals surface area contributed by atoms with Gasteiger partial charge in [0.05, 0.1) is 0 Å². The average Bonchev–Trinajstić information content (AvgIpc) is 2.62. The molecule has 29 heavy (non-hydrogen) atoms. The van der Waals surface area contributed by atoms with Gasteiger partial charge in [-0.1, -0.05) is 71.9 Å². The van der Waals surface area contributed by atoms with Crippen LogP contribution in [-0.4, -0.2) is 0 Å². The van der Waals surface area contributed by atoms with Gasteiger partial charge in [-0.05, 0) is 52.8 Å². The van der Waals surface area contributed by atoms with Gasteiger partial charge in [-0.25, -0.2) is 0 Å². The number of anilines is 2. The van der Waals surface area contributed by atoms with Gasteiger partial charge in [-0.3, -0.25) is 0 Å². The standard InChI is InChI=1S/C26H34N2O/c1-24(2,3)22-8-7-9-23(25(4,5)6)26(22,18-10-12-19(27)13-11-18)29-21-16-14-20(28)15-17-21/h7-17,22H,27-28H2,1-6H3. The summed E-state index contributed by atoms with van der Waals surface area (Å²) in [7, 11) is 0. The minimum Gasteiger partial charge on any atom is -0.477 e. The highest BCUT2D eigenvalue weighted by molar-refractivity contribution is 5.50. The van der Waals surface area contributed by atoms with Crippen molar-refractivity contribution < 1.29 is 4.74 Å². The minimum atomic E-state index is -0.658. The molecule has 1 aliphatic carbocycles. The maximum Gasteiger partial charge on any atom is 0.163 e. The molecule has 0 saturated carbocycles. The Balaban J connectivity index is 2.31. The van der Waals surface area contributed by atoms with Crippen molar-refractivity contribution in [3.8, 4) is 5.75 Å². The first-order valence-corrected chi connectivity index (χ1v) is 10.2. The fourth-order valence-electron chi connectivity index (χ4n) is 4.36. The largest absolute Gasteiger partial charge is 0.477 e. The fourth-order valence-corrected chi connectivity index (χ4v) is 4.36. The normalized spacial score (nSPS) is 22.3. The lowest BCUT2D eigenvalue weighted by Gasteiger charge is -2.51. The second-order valence-electron chi connectivity index (χ2n) is 10.1. The van der Waals surface area contributed by atoms with Crippen molar-refractivity contribution >= 4 is 11.4 Å². The van der Waals surface area contributed by atoms with Crippen LogP contribution in [-0.2, 0) is 5.60 Å². The zero-order valence-corrected chi connectivity index (χ0v) is 18.5. The predicted molar refractivity (Wildman–Crippen MR) is 124 cm³/mol. The van der Waals surface area contributed by atoms with Crippen molar-refractivity contribution in [2.45, 2.75) is 47.1 Å². The third-order valence-electron chi connectivity index (χ3n) is 5.64. The molecule has 0 bridgehead atoms. The molecule has 0 saturated heterocycles. The van der Waals surface area contributed by atoms with E-state index in [1.165, 1.54) is 5.57 Å². The summed E-state index contributed by atoms with van der Waals surface area (Å²) in [5.74, 6) is 0.922. The Morgan fingerprint density at radius 3 is 1.79 bits per heavy atom. The molecule has 0 radical (unpaired) electrons. The zero-order valence-electron chi connectivity index (χ0n) is 18.5. The first kappa shape index (κ1) is 21.0. The van der Waals surface area contributed by atoms with Gasteiger partial charge in [0.2, 0.25) is 0 Å². The molecule has 2 atom stereocenters. The van der Waals surface area contributed by atoms with Crippen molar-refractivity contribution in [3.63, 3.8) is 0 Å². The molecule has 2 aromatic carbocycles. The lowest BCUT2D eigenvalue weighted by atomic mass is 9.58. The summed E-state index contributed by atoms with van der Waals surface area (Å²) in [4.78, 5) is 0. The number of ether oxygens (including phenoxy) is 1. The first-order chi connectivity index (χ1) is 13.4. The van der Waals surface area contributed by atoms with Crippen LogP contribution >= 0.6 is 0 Å². The number of hydrogen-bond donors (Lipinski definition) is 2. The van der Waals surface area contributed by atoms with E-state index in [1.54, 1.807) is 0 Å². The van der Waals surface area contributed by atoms with Crippen molar-refractivity contribution in [2.75, 3.05) is 11.5 Å². The van der Waals surface area contributed by atoms with E-state index in [9.17, 15) is 0 Å². The van der Waals surface area contributed by atoms with Gasteiger partial charge in [0.15, 0.2) is 5.60 Å². The molecular formula is C26H34N2O. The van der Waals surface area contributed by atoms with Crippen LogP contribution in [0.25, 0.3) is 0 Å². The highest BCUT2D eigenvalue weighted by atomic mass is 16.5. The summed E-state index contributed by atoms with van der Waals surface area (Å²) in [5.41, 5.74) is 15.0. The molecule has 1 aliphatic rings. The number of benzene rings is 2. The average molecular weight is 391 g/mol. The molecule has 0 aromatic heterocycles. The topological polar surface area (TPSA) is 61.3 Å². The third-order valence-corrected chi connectivity index (χ3v) is 5.64. The van der Waals surface area contributed by atoms with Gasteiger partial charge in [0.25, 0.3) is 0 Å². The van der Waals surface area contributed by atoms with E-state index in [2.05, 4.69) is 71.9 Å². The monoisotopic (exact) mass is 390 g/mol. The first-order valence-electron chi connectivity index (χ1n) is 10.2. The molecule has 154 valence electrons. The van der Waals surface area contributed by atoms with E-state index in [1.807, 2.05) is 36.4 Å². The van der Waals surface area contributed by atoms with E-state index in [4.69, 9.17) is 16.2 Å². The molecule has 0 spiro atoms. The smallest absolute Gasteiger partial charge is 0.163 e. The Morgan fingerprint density at radius 2 is 1.31 bits per heavy atom. The Labute approximate surface area is 175 Å². The van der Waals surface area contributed by atoms with E-state index < -0.39 is 5.60 Å². The molecule has 3 nitrogen and oxygen atoms in total. The van der Waals surface area contributed by atoms with Crippen LogP contribution in [0.15, 0.2) is 72.3 Å². The van der Waals surface area contributed by atoms with Gasteiger partial charge < -0.3 is 16.2 Å². The molecule has 2 aromatic rings. The molecule has 0 heterocycles. The number of nitrogen functional groups attached to an aromatic ring is 2. The van der Waals surface area contributed by atoms with E-state index in [-0.39, 0.29) is 16.7 Å². The van der Waals surface area contributed by atoms with Crippen LogP contribution in [0.2, 0.25) is 0 Å². The van der Waals surface area contributed by atoms with Crippen LogP contribution in [0.4, 0.5) is 11.4 Å². The van der Waals surface area contributed by atoms with Crippen molar-refractivity contribution in [1.29, 1.82) is 0 Å². The SMILES string of the molecule is CC(C)(C)C1=CC=CC(C(C)(C)C)C1(Oc1ccc(N)cc1)c1ccc(N)cc1. The van der Waals surface area contributed by atoms with Crippen LogP contribution in [0, 0.1) is 16.7 Å². The molecule has 0 aliphatic heterocycles. The second kappa shape index (κ2) is 7.29. The second-order valence-corrected chi connectivity index (χ2v) is 10.1. The molecule has 4 N–H and O–H groups in total. The summed E-state index contributed by atoms with van der Waals surface area (Å²) >= 11 is 0. The lowest BCUT2D eigenvalue weighted by molar-refractivity contribution is -0.00513. The van der Waals surface area contributed by atoms with Crippen molar-refractivity contribution in [3.05, 3.63) is 77.9 Å². The summed E-state index contributed by atoms with van der Waals surface area (Å²) in [5, 5.41) is 0. The Bertz CT molecular complexity index is 909. The van der Waals surface area contributed by atoms with Gasteiger partial charge in [0, 0.05) is 22.9 Å². The van der Waals surface area contributed by atoms with E-state index >= 15 is 0 Å². The third kappa shape index (κ3) is 4.05. The van der Waals surface area contributed by atoms with Crippen LogP contribution in [0.1, 0.15) is 47.1 Å². The molecule has 3 rings (SSSR count). The molecule has 0 amide bonds. The molecular weight excluding hydrogens is 356 g/mol. The Kier molecular flexibility index (Phi) is 5.29. The number of allylic oxidation sites excluding steroid dienone is 2. The van der Waals surface area contributed by atoms with Gasteiger partial charge in [0.1, 0.15) is 5.75 Å². The van der Waals surface area contributed by atoms with E-state index in [0.29, 0.717) is 0 Å². The van der Waals surface area contributed by atoms with E-state index in [0.717, 1.165) is 22.7 Å². The van der Waals surface area contributed by atoms with Crippen molar-refractivity contribution in [2.24, 2.45) is 16.7 Å². The Hall–Kier alpha value is -2.68. The number of nitrogens with two attached hydrogens (primary N) is 2. The van der Waals surface area contributed by atoms with Crippen molar-refractivity contribution in [1.82, 2.24) is 0 Å². The Morgan fingerprint density at radius 1 is 0.793 bits per heavy atom. The maximum atomic E-state index is 6.99. The summed E-state index contributed by atoms with van der Waals surface area (Å²) in [6.07, 6.45) is 6.68. The summed E-state index contributed by atoms with van der Waals surface area (Å²) < 4.78 is 6.99. The highest BCUT2D eigenvalue weighted by Gasteiger charge is 2.53. The minimum absolute atomic E-state index is 0.0313. The highest BCUT2D eigenvalue weighted by Crippen LogP contribution is 2.55. The predicted octanol–water partition coefficient (Wildman–Crippen LogP) is 6.33. The van der Waals surface area contributed by atoms with Crippen LogP contribution in [0.3, 0.4) is 0 Å². The quantitative estimate of drug-likeness (QED) is 0.602. The summed E-state index contributed by atoms with van der Waals surface area (Å²) in [6, 6.07) is 15.8. The number of hydrogen-bond acceptors (Lipinski definition) is 3. The van der Waals surface area contributed by atoms with Crippen LogP contribution in [0.5, 0.6) is 5.75 Å². The number of rotatable bonds is 3. The van der Waals surface area contributed by atoms with Gasteiger partial charge >= 0.3 is 0 Å². The van der Waals surface area contributed by atoms with Gasteiger partial charge in [-0.2, -0.15) is 0 Å². The maximum absolute atomic E-state index is 6.99. The lowest BCUT2D eigenvalue weighted by Crippen LogP contribution is -2.51. The molecule has 2 unspecified atom stereocenters.